The molecular weight excluding hydrogens is 434 g/mol. The molecule has 0 aliphatic heterocycles. The van der Waals surface area contributed by atoms with Gasteiger partial charge in [0.05, 0.1) is 0 Å². The van der Waals surface area contributed by atoms with Crippen LogP contribution in [0.1, 0.15) is 16.8 Å². The first kappa shape index (κ1) is 16.7. The molecule has 0 aliphatic rings. The number of ether oxygens (including phenoxy) is 1. The quantitative estimate of drug-likeness (QED) is 0.366. The van der Waals surface area contributed by atoms with Crippen molar-refractivity contribution in [3.8, 4) is 0 Å². The molecule has 1 unspecified atom stereocenters. The number of carbonyl (C=O) groups is 1. The van der Waals surface area contributed by atoms with Gasteiger partial charge in [0.1, 0.15) is 0 Å². The van der Waals surface area contributed by atoms with Crippen LogP contribution in [-0.2, 0) is 4.74 Å². The third kappa shape index (κ3) is 7.28. The minimum atomic E-state index is -3.21. The first-order chi connectivity index (χ1) is 8.38. The van der Waals surface area contributed by atoms with Gasteiger partial charge in [-0.05, 0) is 0 Å². The van der Waals surface area contributed by atoms with E-state index in [-0.39, 0.29) is 18.0 Å². The predicted octanol–water partition coefficient (Wildman–Crippen LogP) is 4.50. The van der Waals surface area contributed by atoms with Crippen LogP contribution in [-0.4, -0.2) is 32.8 Å². The van der Waals surface area contributed by atoms with E-state index in [4.69, 9.17) is 43.2 Å². The summed E-state index contributed by atoms with van der Waals surface area (Å²) in [5.41, 5.74) is 0.517. The number of hydrogen-bond donors (Lipinski definition) is 0. The number of benzene rings is 1. The number of rotatable bonds is 6. The monoisotopic (exact) mass is 446 g/mol. The zero-order valence-corrected chi connectivity index (χ0v) is 14.7. The summed E-state index contributed by atoms with van der Waals surface area (Å²) >= 11 is 2.79. The van der Waals surface area contributed by atoms with Crippen LogP contribution in [0.2, 0.25) is 4.47 Å². The summed E-state index contributed by atoms with van der Waals surface area (Å²) in [6.45, 7) is 0.227. The van der Waals surface area contributed by atoms with Crippen LogP contribution in [0.5, 0.6) is 0 Å². The maximum atomic E-state index is 11.6. The van der Waals surface area contributed by atoms with E-state index in [9.17, 15) is 4.79 Å². The molecule has 1 rings (SSSR count). The molecule has 1 aromatic rings. The molecule has 0 aliphatic carbocycles. The molecule has 0 N–H and O–H groups in total. The second kappa shape index (κ2) is 8.04. The molecule has 0 saturated heterocycles. The van der Waals surface area contributed by atoms with E-state index in [0.29, 0.717) is 16.5 Å². The molecule has 0 spiro atoms. The van der Waals surface area contributed by atoms with Crippen molar-refractivity contribution in [2.24, 2.45) is 0 Å². The molecule has 1 atom stereocenters. The molecule has 102 valence electrons. The van der Waals surface area contributed by atoms with Crippen molar-refractivity contribution < 1.29 is 9.53 Å². The van der Waals surface area contributed by atoms with Gasteiger partial charge in [0.2, 0.25) is 0 Å². The van der Waals surface area contributed by atoms with Crippen LogP contribution in [0.4, 0.5) is 0 Å². The molecule has 18 heavy (non-hydrogen) atoms. The first-order valence-corrected chi connectivity index (χ1v) is 16.1. The Morgan fingerprint density at radius 1 is 1.22 bits per heavy atom. The van der Waals surface area contributed by atoms with Gasteiger partial charge >= 0.3 is 128 Å². The average molecular weight is 446 g/mol. The van der Waals surface area contributed by atoms with Crippen molar-refractivity contribution in [3.63, 3.8) is 0 Å². The van der Waals surface area contributed by atoms with Crippen molar-refractivity contribution in [1.29, 1.82) is 0 Å². The fourth-order valence-corrected chi connectivity index (χ4v) is 8.59. The normalized spacial score (nSPS) is 14.0. The zero-order valence-electron chi connectivity index (χ0n) is 9.32. The van der Waals surface area contributed by atoms with Gasteiger partial charge in [-0.3, -0.25) is 0 Å². The summed E-state index contributed by atoms with van der Waals surface area (Å²) in [5.74, 6) is -0.366. The van der Waals surface area contributed by atoms with Crippen molar-refractivity contribution in [2.75, 3.05) is 6.61 Å². The first-order valence-electron chi connectivity index (χ1n) is 5.14. The third-order valence-electron chi connectivity index (χ3n) is 2.04. The van der Waals surface area contributed by atoms with Gasteiger partial charge in [-0.2, -0.15) is 0 Å². The molecular formula is C11H12Cl4O2Te. The summed E-state index contributed by atoms with van der Waals surface area (Å²) in [7, 11) is 17.4. The Labute approximate surface area is 127 Å². The number of hydrogen-bond acceptors (Lipinski definition) is 2. The molecule has 1 aromatic carbocycles. The molecule has 0 heterocycles. The number of halogens is 4. The van der Waals surface area contributed by atoms with E-state index in [1.165, 1.54) is 0 Å². The molecule has 0 radical (unpaired) electrons. The number of carbonyl (C=O) groups excluding carboxylic acids is 1. The van der Waals surface area contributed by atoms with E-state index >= 15 is 0 Å². The maximum absolute atomic E-state index is 11.6. The van der Waals surface area contributed by atoms with E-state index in [2.05, 4.69) is 0 Å². The SMILES string of the molecule is O=C(OCCC(Cl)C[Te](Cl)(Cl)Cl)c1ccccc1. The molecule has 0 saturated carbocycles. The van der Waals surface area contributed by atoms with Gasteiger partial charge in [0.25, 0.3) is 0 Å². The molecule has 0 bridgehead atoms. The Balaban J connectivity index is 2.28. The number of alkyl halides is 1. The van der Waals surface area contributed by atoms with Crippen molar-refractivity contribution in [2.45, 2.75) is 16.3 Å². The van der Waals surface area contributed by atoms with Gasteiger partial charge in [-0.1, -0.05) is 0 Å². The van der Waals surface area contributed by atoms with E-state index < -0.39 is 14.8 Å². The molecule has 0 fully saturated rings. The zero-order chi connectivity index (χ0) is 13.6. The van der Waals surface area contributed by atoms with E-state index in [0.717, 1.165) is 0 Å². The van der Waals surface area contributed by atoms with Crippen LogP contribution in [0.25, 0.3) is 0 Å². The molecule has 2 nitrogen and oxygen atoms in total. The standard InChI is InChI=1S/C11H12Cl4O2Te/c12-10(8-18(13,14)15)6-7-17-11(16)9-4-2-1-3-5-9/h1-5,10H,6-8H2. The average Bonchev–Trinajstić information content (AvgIpc) is 2.27. The van der Waals surface area contributed by atoms with Crippen molar-refractivity contribution >= 4 is 59.3 Å². The molecule has 0 amide bonds. The topological polar surface area (TPSA) is 26.3 Å². The summed E-state index contributed by atoms with van der Waals surface area (Å²) in [6, 6.07) is 8.77. The van der Waals surface area contributed by atoms with E-state index in [1.807, 2.05) is 6.07 Å². The molecule has 0 aromatic heterocycles. The Kier molecular flexibility index (Phi) is 7.46. The van der Waals surface area contributed by atoms with Gasteiger partial charge in [-0.25, -0.2) is 0 Å². The fourth-order valence-electron chi connectivity index (χ4n) is 1.23. The van der Waals surface area contributed by atoms with Crippen LogP contribution < -0.4 is 0 Å². The minimum absolute atomic E-state index is 0.227. The van der Waals surface area contributed by atoms with E-state index in [1.54, 1.807) is 24.3 Å². The van der Waals surface area contributed by atoms with Gasteiger partial charge in [0, 0.05) is 0 Å². The Hall–Kier alpha value is 0.640. The summed E-state index contributed by atoms with van der Waals surface area (Å²) in [6.07, 6.45) is 0.486. The second-order valence-electron chi connectivity index (χ2n) is 3.56. The van der Waals surface area contributed by atoms with Gasteiger partial charge < -0.3 is 0 Å². The predicted molar refractivity (Wildman–Crippen MR) is 79.1 cm³/mol. The Bertz CT molecular complexity index is 380. The third-order valence-corrected chi connectivity index (χ3v) is 7.75. The van der Waals surface area contributed by atoms with Crippen molar-refractivity contribution in [3.05, 3.63) is 35.9 Å². The van der Waals surface area contributed by atoms with Gasteiger partial charge in [-0.15, -0.1) is 0 Å². The summed E-state index contributed by atoms with van der Waals surface area (Å²) in [5, 5.41) is -0.262. The second-order valence-corrected chi connectivity index (χ2v) is 21.8. The Morgan fingerprint density at radius 3 is 2.39 bits per heavy atom. The van der Waals surface area contributed by atoms with Crippen LogP contribution in [0.3, 0.4) is 0 Å². The van der Waals surface area contributed by atoms with Gasteiger partial charge in [0.15, 0.2) is 0 Å². The molecule has 7 heteroatoms. The summed E-state index contributed by atoms with van der Waals surface area (Å²) in [4.78, 5) is 11.6. The Morgan fingerprint density at radius 2 is 1.83 bits per heavy atom. The van der Waals surface area contributed by atoms with Crippen LogP contribution in [0, 0.1) is 0 Å². The fraction of sp³-hybridized carbons (Fsp3) is 0.364. The van der Waals surface area contributed by atoms with Crippen molar-refractivity contribution in [1.82, 2.24) is 0 Å². The van der Waals surface area contributed by atoms with Crippen LogP contribution >= 0.6 is 38.5 Å². The number of esters is 1. The summed E-state index contributed by atoms with van der Waals surface area (Å²) < 4.78 is 5.48. The van der Waals surface area contributed by atoms with Crippen LogP contribution in [0.15, 0.2) is 30.3 Å².